The summed E-state index contributed by atoms with van der Waals surface area (Å²) in [6, 6.07) is 0. The third-order valence-electron chi connectivity index (χ3n) is 12.9. The van der Waals surface area contributed by atoms with Gasteiger partial charge in [0, 0.05) is 41.8 Å². The van der Waals surface area contributed by atoms with E-state index in [1.807, 2.05) is 7.05 Å². The summed E-state index contributed by atoms with van der Waals surface area (Å²) in [6.07, 6.45) is 15.6. The number of rotatable bonds is 11. The Kier molecular flexibility index (Phi) is 9.64. The first-order chi connectivity index (χ1) is 21.7. The molecule has 6 rings (SSSR count). The van der Waals surface area contributed by atoms with E-state index in [1.54, 1.807) is 0 Å². The van der Waals surface area contributed by atoms with Crippen LogP contribution in [-0.2, 0) is 9.53 Å². The Morgan fingerprint density at radius 3 is 2.80 bits per heavy atom. The maximum absolute atomic E-state index is 13.1. The van der Waals surface area contributed by atoms with Crippen LogP contribution in [0.25, 0.3) is 0 Å². The minimum absolute atomic E-state index is 0.0297. The van der Waals surface area contributed by atoms with Crippen LogP contribution in [0.15, 0.2) is 40.4 Å². The molecular formula is C35H55N5O5. The Balaban J connectivity index is 1.37. The zero-order chi connectivity index (χ0) is 31.8. The van der Waals surface area contributed by atoms with E-state index in [1.165, 1.54) is 0 Å². The van der Waals surface area contributed by atoms with Crippen LogP contribution in [0.5, 0.6) is 0 Å². The molecule has 5 aliphatic carbocycles. The van der Waals surface area contributed by atoms with Crippen LogP contribution in [0.3, 0.4) is 0 Å². The van der Waals surface area contributed by atoms with Gasteiger partial charge in [0.05, 0.1) is 44.9 Å². The van der Waals surface area contributed by atoms with Crippen LogP contribution < -0.4 is 26.4 Å². The molecule has 0 amide bonds. The third-order valence-corrected chi connectivity index (χ3v) is 12.9. The lowest BCUT2D eigenvalue weighted by Gasteiger charge is -2.60. The Hall–Kier alpha value is -2.08. The molecule has 2 bridgehead atoms. The normalized spacial score (nSPS) is 42.3. The molecule has 7 N–H and O–H groups in total. The Morgan fingerprint density at radius 2 is 2.02 bits per heavy atom. The third kappa shape index (κ3) is 5.43. The van der Waals surface area contributed by atoms with Gasteiger partial charge in [-0.15, -0.1) is 0 Å². The second-order valence-electron chi connectivity index (χ2n) is 14.8. The van der Waals surface area contributed by atoms with Crippen LogP contribution >= 0.6 is 0 Å². The van der Waals surface area contributed by atoms with E-state index in [0.29, 0.717) is 37.8 Å². The van der Waals surface area contributed by atoms with Crippen molar-refractivity contribution in [1.29, 1.82) is 0 Å². The molecule has 0 radical (unpaired) electrons. The molecule has 0 aromatic carbocycles. The Labute approximate surface area is 268 Å². The van der Waals surface area contributed by atoms with Gasteiger partial charge in [-0.25, -0.2) is 4.99 Å². The minimum atomic E-state index is -1.62. The molecule has 1 heterocycles. The van der Waals surface area contributed by atoms with Crippen molar-refractivity contribution in [2.24, 2.45) is 51.1 Å². The number of likely N-dealkylation sites (tertiary alicyclic amines) is 1. The van der Waals surface area contributed by atoms with Crippen molar-refractivity contribution in [1.82, 2.24) is 10.6 Å². The van der Waals surface area contributed by atoms with Gasteiger partial charge in [0.15, 0.2) is 0 Å². The number of aliphatic carboxylic acids is 1. The number of carbonyl (C=O) groups excluding carboxylic acids is 1. The highest BCUT2D eigenvalue weighted by atomic mass is 16.5. The number of guanidine groups is 1. The van der Waals surface area contributed by atoms with Crippen molar-refractivity contribution in [3.8, 4) is 0 Å². The Morgan fingerprint density at radius 1 is 1.20 bits per heavy atom. The number of aliphatic hydroxyl groups excluding tert-OH is 1. The fourth-order valence-electron chi connectivity index (χ4n) is 11.1. The van der Waals surface area contributed by atoms with Crippen molar-refractivity contribution in [3.63, 3.8) is 0 Å². The molecular weight excluding hydrogens is 570 g/mol. The summed E-state index contributed by atoms with van der Waals surface area (Å²) in [6.45, 7) is 6.53. The van der Waals surface area contributed by atoms with Gasteiger partial charge in [-0.2, -0.15) is 0 Å². The maximum atomic E-state index is 13.1. The number of carbonyl (C=O) groups is 1. The molecule has 1 saturated heterocycles. The number of aliphatic hydroxyl groups is 2. The lowest BCUT2D eigenvalue weighted by molar-refractivity contribution is -0.828. The molecule has 3 saturated carbocycles. The largest absolute Gasteiger partial charge is 0.545 e. The number of ether oxygens (including phenoxy) is 1. The molecule has 0 aromatic rings. The number of nitrogens with zero attached hydrogens (tertiary/aromatic N) is 1. The summed E-state index contributed by atoms with van der Waals surface area (Å²) in [5.41, 5.74) is 5.27. The average molecular weight is 626 g/mol. The van der Waals surface area contributed by atoms with Gasteiger partial charge in [-0.05, 0) is 75.8 Å². The quantitative estimate of drug-likeness (QED) is 0.102. The van der Waals surface area contributed by atoms with Crippen molar-refractivity contribution in [2.45, 2.75) is 70.0 Å². The number of allylic oxidation sites excluding steroid dienone is 4. The van der Waals surface area contributed by atoms with Crippen molar-refractivity contribution in [2.75, 3.05) is 59.5 Å². The predicted molar refractivity (Wildman–Crippen MR) is 171 cm³/mol. The number of piperidine rings is 1. The second kappa shape index (κ2) is 13.2. The molecule has 45 heavy (non-hydrogen) atoms. The van der Waals surface area contributed by atoms with E-state index in [9.17, 15) is 20.1 Å². The van der Waals surface area contributed by atoms with Crippen molar-refractivity contribution in [3.05, 3.63) is 35.5 Å². The molecule has 10 nitrogen and oxygen atoms in total. The first-order valence-electron chi connectivity index (χ1n) is 17.5. The lowest BCUT2D eigenvalue weighted by Crippen LogP contribution is -3.19. The van der Waals surface area contributed by atoms with E-state index in [2.05, 4.69) is 41.9 Å². The number of likely N-dealkylation sites (N-methyl/N-ethyl adjacent to an activating group) is 1. The summed E-state index contributed by atoms with van der Waals surface area (Å²) >= 11 is 0. The molecule has 1 unspecified atom stereocenters. The number of quaternary nitrogens is 1. The zero-order valence-corrected chi connectivity index (χ0v) is 27.2. The fourth-order valence-corrected chi connectivity index (χ4v) is 11.1. The Bertz CT molecular complexity index is 1230. The summed E-state index contributed by atoms with van der Waals surface area (Å²) < 4.78 is 6.60. The van der Waals surface area contributed by atoms with E-state index in [4.69, 9.17) is 15.5 Å². The number of carboxylic acid groups (broad SMARTS) is 1. The fraction of sp³-hybridized carbons (Fsp3) is 0.771. The number of hydrogen-bond donors (Lipinski definition) is 6. The van der Waals surface area contributed by atoms with Crippen molar-refractivity contribution >= 4 is 11.9 Å². The first kappa shape index (κ1) is 32.8. The molecule has 2 spiro atoms. The number of fused-ring (bicyclic) bond motifs is 1. The smallest absolute Gasteiger partial charge is 0.293 e. The van der Waals surface area contributed by atoms with E-state index in [0.717, 1.165) is 75.2 Å². The van der Waals surface area contributed by atoms with E-state index >= 15 is 0 Å². The van der Waals surface area contributed by atoms with Crippen molar-refractivity contribution < 1.29 is 29.8 Å². The van der Waals surface area contributed by atoms with Crippen LogP contribution in [0.2, 0.25) is 0 Å². The molecule has 6 aliphatic rings. The number of nitrogens with two attached hydrogens (primary N) is 1. The predicted octanol–water partition coefficient (Wildman–Crippen LogP) is -0.461. The standard InChI is InChI=1S/C35H55N5O5/c1-23-10-11-25-18-28-30(31(42)43)33(44,22-45-29-9-5-7-24-6-3-4-8-27(24)29)20-34(23,28)35(25)21-40(32(36)39-14-13-37-2)16-12-26(35)19-38-15-17-41/h3-4,6,8,23-27,29,37-38,41,44H,5,7,9-22H2,1-2H3,(H2,36,39)(H,42,43)/t23-,24+,25-,26-,27-,29-,33+,34+,35-/m1/s1. The molecule has 0 aromatic heterocycles. The molecule has 250 valence electrons. The molecule has 10 atom stereocenters. The molecule has 4 fully saturated rings. The van der Waals surface area contributed by atoms with Gasteiger partial charge < -0.3 is 41.2 Å². The highest BCUT2D eigenvalue weighted by molar-refractivity contribution is 5.90. The molecule has 10 heteroatoms. The van der Waals surface area contributed by atoms with E-state index in [-0.39, 0.29) is 54.0 Å². The summed E-state index contributed by atoms with van der Waals surface area (Å²) in [7, 11) is 1.90. The van der Waals surface area contributed by atoms with Gasteiger partial charge in [0.2, 0.25) is 0 Å². The maximum Gasteiger partial charge on any atom is 0.293 e. The zero-order valence-electron chi connectivity index (χ0n) is 27.2. The number of nitrogens with one attached hydrogen (secondary N) is 3. The number of hydrogen-bond acceptors (Lipinski definition) is 8. The topological polar surface area (TPSA) is 157 Å². The van der Waals surface area contributed by atoms with Crippen LogP contribution in [-0.4, -0.2) is 93.4 Å². The van der Waals surface area contributed by atoms with Gasteiger partial charge in [0.1, 0.15) is 5.60 Å². The van der Waals surface area contributed by atoms with Gasteiger partial charge in [-0.3, -0.25) is 4.90 Å². The summed E-state index contributed by atoms with van der Waals surface area (Å²) in [5.74, 6) is 0.738. The highest BCUT2D eigenvalue weighted by Crippen LogP contribution is 2.76. The SMILES string of the molecule is CNCCN=C(N)[NH+]1CC[C@H](CNCCO)[C@@]2(C1)[C@@H]1CC[C@@H](C)[C@]23C[C@](O)(CO[C@@H]2CCC[C@@H]4C=CC=C[C@H]42)C(C(=O)[O-])=C3C1. The van der Waals surface area contributed by atoms with Gasteiger partial charge in [-0.1, -0.05) is 43.2 Å². The monoisotopic (exact) mass is 625 g/mol. The minimum Gasteiger partial charge on any atom is -0.545 e. The summed E-state index contributed by atoms with van der Waals surface area (Å²) in [5, 5.41) is 41.9. The summed E-state index contributed by atoms with van der Waals surface area (Å²) in [4.78, 5) is 19.0. The van der Waals surface area contributed by atoms with E-state index < -0.39 is 17.0 Å². The average Bonchev–Trinajstić information content (AvgIpc) is 3.38. The number of aliphatic imine (C=N–C) groups is 1. The van der Waals surface area contributed by atoms with Crippen LogP contribution in [0.1, 0.15) is 58.3 Å². The first-order valence-corrected chi connectivity index (χ1v) is 17.5. The van der Waals surface area contributed by atoms with Crippen LogP contribution in [0, 0.1) is 40.4 Å². The van der Waals surface area contributed by atoms with Crippen LogP contribution in [0.4, 0.5) is 0 Å². The molecule has 1 aliphatic heterocycles. The second-order valence-corrected chi connectivity index (χ2v) is 14.8. The number of carboxylic acids is 1. The highest BCUT2D eigenvalue weighted by Gasteiger charge is 2.75. The lowest BCUT2D eigenvalue weighted by atomic mass is 9.45. The van der Waals surface area contributed by atoms with Gasteiger partial charge in [0.25, 0.3) is 5.96 Å². The van der Waals surface area contributed by atoms with Gasteiger partial charge >= 0.3 is 0 Å².